The maximum atomic E-state index is 11.7. The zero-order valence-electron chi connectivity index (χ0n) is 9.95. The first-order valence-electron chi connectivity index (χ1n) is 5.35. The van der Waals surface area contributed by atoms with Gasteiger partial charge in [0.15, 0.2) is 0 Å². The molecule has 0 saturated carbocycles. The number of hydrogen-bond donors (Lipinski definition) is 1. The zero-order valence-corrected chi connectivity index (χ0v) is 9.95. The maximum absolute atomic E-state index is 11.7. The summed E-state index contributed by atoms with van der Waals surface area (Å²) in [6.45, 7) is 6.17. The molecular formula is C12H17N3O. The van der Waals surface area contributed by atoms with E-state index < -0.39 is 0 Å². The van der Waals surface area contributed by atoms with Gasteiger partial charge >= 0.3 is 0 Å². The average molecular weight is 219 g/mol. The van der Waals surface area contributed by atoms with Crippen LogP contribution in [0.3, 0.4) is 0 Å². The normalized spacial score (nSPS) is 10.9. The monoisotopic (exact) mass is 219 g/mol. The summed E-state index contributed by atoms with van der Waals surface area (Å²) in [6.07, 6.45) is 2.60. The number of carbonyl (C=O) groups excluding carboxylic acids is 1. The zero-order chi connectivity index (χ0) is 12.2. The van der Waals surface area contributed by atoms with Gasteiger partial charge in [-0.25, -0.2) is 0 Å². The molecule has 1 heterocycles. The number of carbonyl (C=O) groups is 1. The molecule has 1 rings (SSSR count). The Hall–Kier alpha value is -1.76. The summed E-state index contributed by atoms with van der Waals surface area (Å²) in [5.74, 6) is -0.0699. The van der Waals surface area contributed by atoms with E-state index in [-0.39, 0.29) is 18.0 Å². The summed E-state index contributed by atoms with van der Waals surface area (Å²) in [5.41, 5.74) is 0.307. The highest BCUT2D eigenvalue weighted by molar-refractivity contribution is 5.76. The van der Waals surface area contributed by atoms with Gasteiger partial charge in [-0.05, 0) is 32.4 Å². The summed E-state index contributed by atoms with van der Waals surface area (Å²) in [4.78, 5) is 11.7. The van der Waals surface area contributed by atoms with E-state index in [9.17, 15) is 4.79 Å². The van der Waals surface area contributed by atoms with Crippen LogP contribution >= 0.6 is 0 Å². The topological polar surface area (TPSA) is 57.8 Å². The van der Waals surface area contributed by atoms with E-state index in [1.807, 2.05) is 26.8 Å². The Morgan fingerprint density at radius 1 is 1.62 bits per heavy atom. The summed E-state index contributed by atoms with van der Waals surface area (Å²) in [7, 11) is 0. The van der Waals surface area contributed by atoms with Crippen molar-refractivity contribution >= 4 is 5.91 Å². The Labute approximate surface area is 95.9 Å². The highest BCUT2D eigenvalue weighted by Crippen LogP contribution is 2.07. The smallest absolute Gasteiger partial charge is 0.240 e. The molecule has 0 aromatic carbocycles. The Bertz CT molecular complexity index is 412. The molecular weight excluding hydrogens is 202 g/mol. The third-order valence-corrected chi connectivity index (χ3v) is 2.62. The molecule has 0 unspecified atom stereocenters. The largest absolute Gasteiger partial charge is 0.350 e. The van der Waals surface area contributed by atoms with Crippen LogP contribution in [0.5, 0.6) is 0 Å². The van der Waals surface area contributed by atoms with Crippen molar-refractivity contribution in [2.45, 2.75) is 39.3 Å². The highest BCUT2D eigenvalue weighted by atomic mass is 16.2. The van der Waals surface area contributed by atoms with Gasteiger partial charge in [0.05, 0.1) is 0 Å². The van der Waals surface area contributed by atoms with E-state index in [0.29, 0.717) is 5.69 Å². The molecule has 1 N–H and O–H groups in total. The van der Waals surface area contributed by atoms with Gasteiger partial charge in [0.1, 0.15) is 18.3 Å². The van der Waals surface area contributed by atoms with Crippen molar-refractivity contribution in [3.05, 3.63) is 24.0 Å². The van der Waals surface area contributed by atoms with Gasteiger partial charge in [-0.1, -0.05) is 6.92 Å². The lowest BCUT2D eigenvalue weighted by Gasteiger charge is -2.24. The highest BCUT2D eigenvalue weighted by Gasteiger charge is 2.18. The first-order valence-corrected chi connectivity index (χ1v) is 5.35. The van der Waals surface area contributed by atoms with Crippen molar-refractivity contribution in [2.75, 3.05) is 0 Å². The summed E-state index contributed by atoms with van der Waals surface area (Å²) >= 11 is 0. The number of hydrogen-bond acceptors (Lipinski definition) is 2. The fraction of sp³-hybridized carbons (Fsp3) is 0.500. The van der Waals surface area contributed by atoms with Crippen LogP contribution in [0.2, 0.25) is 0 Å². The third kappa shape index (κ3) is 3.13. The Kier molecular flexibility index (Phi) is 3.73. The van der Waals surface area contributed by atoms with Crippen molar-refractivity contribution in [2.24, 2.45) is 0 Å². The van der Waals surface area contributed by atoms with Crippen molar-refractivity contribution in [3.8, 4) is 6.07 Å². The molecule has 16 heavy (non-hydrogen) atoms. The van der Waals surface area contributed by atoms with Gasteiger partial charge in [0, 0.05) is 11.7 Å². The molecule has 0 fully saturated rings. The molecule has 1 aromatic heterocycles. The predicted molar refractivity (Wildman–Crippen MR) is 61.7 cm³/mol. The van der Waals surface area contributed by atoms with Crippen molar-refractivity contribution < 1.29 is 4.79 Å². The first kappa shape index (κ1) is 12.3. The van der Waals surface area contributed by atoms with E-state index >= 15 is 0 Å². The SMILES string of the molecule is CCC(C)(C)NC(=O)Cn1cccc1C#N. The predicted octanol–water partition coefficient (Wildman–Crippen LogP) is 1.66. The van der Waals surface area contributed by atoms with Crippen molar-refractivity contribution in [1.82, 2.24) is 9.88 Å². The maximum Gasteiger partial charge on any atom is 0.240 e. The Morgan fingerprint density at radius 2 is 2.31 bits per heavy atom. The molecule has 4 heteroatoms. The summed E-state index contributed by atoms with van der Waals surface area (Å²) in [5, 5.41) is 11.7. The average Bonchev–Trinajstić information content (AvgIpc) is 2.64. The molecule has 86 valence electrons. The minimum absolute atomic E-state index is 0.0699. The second kappa shape index (κ2) is 4.84. The molecule has 0 aliphatic rings. The molecule has 1 aromatic rings. The molecule has 0 saturated heterocycles. The van der Waals surface area contributed by atoms with Gasteiger partial charge in [-0.3, -0.25) is 4.79 Å². The van der Waals surface area contributed by atoms with Gasteiger partial charge in [-0.2, -0.15) is 5.26 Å². The molecule has 0 atom stereocenters. The van der Waals surface area contributed by atoms with Gasteiger partial charge < -0.3 is 9.88 Å². The van der Waals surface area contributed by atoms with Gasteiger partial charge in [-0.15, -0.1) is 0 Å². The van der Waals surface area contributed by atoms with Crippen LogP contribution in [-0.2, 0) is 11.3 Å². The molecule has 1 amide bonds. The molecule has 0 bridgehead atoms. The van der Waals surface area contributed by atoms with Crippen LogP contribution in [0.25, 0.3) is 0 Å². The van der Waals surface area contributed by atoms with Crippen LogP contribution in [0, 0.1) is 11.3 Å². The standard InChI is InChI=1S/C12H17N3O/c1-4-12(2,3)14-11(16)9-15-7-5-6-10(15)8-13/h5-7H,4,9H2,1-3H3,(H,14,16). The van der Waals surface area contributed by atoms with Crippen molar-refractivity contribution in [3.63, 3.8) is 0 Å². The summed E-state index contributed by atoms with van der Waals surface area (Å²) in [6, 6.07) is 5.49. The van der Waals surface area contributed by atoms with E-state index in [0.717, 1.165) is 6.42 Å². The van der Waals surface area contributed by atoms with Crippen LogP contribution < -0.4 is 5.32 Å². The molecule has 0 spiro atoms. The van der Waals surface area contributed by atoms with Crippen molar-refractivity contribution in [1.29, 1.82) is 5.26 Å². The Morgan fingerprint density at radius 3 is 2.88 bits per heavy atom. The van der Waals surface area contributed by atoms with Crippen LogP contribution in [-0.4, -0.2) is 16.0 Å². The van der Waals surface area contributed by atoms with E-state index in [1.165, 1.54) is 0 Å². The quantitative estimate of drug-likeness (QED) is 0.837. The van der Waals surface area contributed by atoms with Crippen LogP contribution in [0.4, 0.5) is 0 Å². The lowest BCUT2D eigenvalue weighted by molar-refractivity contribution is -0.123. The minimum Gasteiger partial charge on any atom is -0.350 e. The number of nitriles is 1. The van der Waals surface area contributed by atoms with E-state index in [1.54, 1.807) is 22.9 Å². The van der Waals surface area contributed by atoms with Crippen LogP contribution in [0.15, 0.2) is 18.3 Å². The second-order valence-electron chi connectivity index (χ2n) is 4.42. The molecule has 0 aliphatic heterocycles. The number of rotatable bonds is 4. The van der Waals surface area contributed by atoms with Gasteiger partial charge in [0.2, 0.25) is 5.91 Å². The lowest BCUT2D eigenvalue weighted by atomic mass is 10.0. The molecule has 4 nitrogen and oxygen atoms in total. The Balaban J connectivity index is 2.63. The van der Waals surface area contributed by atoms with E-state index in [2.05, 4.69) is 5.32 Å². The number of amides is 1. The first-order chi connectivity index (χ1) is 7.48. The molecule has 0 aliphatic carbocycles. The number of nitrogens with one attached hydrogen (secondary N) is 1. The van der Waals surface area contributed by atoms with E-state index in [4.69, 9.17) is 5.26 Å². The fourth-order valence-corrected chi connectivity index (χ4v) is 1.31. The third-order valence-electron chi connectivity index (χ3n) is 2.62. The number of aromatic nitrogens is 1. The number of nitrogens with zero attached hydrogens (tertiary/aromatic N) is 2. The summed E-state index contributed by atoms with van der Waals surface area (Å²) < 4.78 is 1.64. The van der Waals surface area contributed by atoms with Gasteiger partial charge in [0.25, 0.3) is 0 Å². The molecule has 0 radical (unpaired) electrons. The fourth-order valence-electron chi connectivity index (χ4n) is 1.31. The van der Waals surface area contributed by atoms with Crippen LogP contribution in [0.1, 0.15) is 32.9 Å². The lowest BCUT2D eigenvalue weighted by Crippen LogP contribution is -2.44. The minimum atomic E-state index is -0.197. The second-order valence-corrected chi connectivity index (χ2v) is 4.42.